The fourth-order valence-corrected chi connectivity index (χ4v) is 4.37. The average Bonchev–Trinajstić information content (AvgIpc) is 2.92. The Balaban J connectivity index is 1.97. The number of carbonyl (C=O) groups excluding carboxylic acids is 1. The van der Waals surface area contributed by atoms with Crippen LogP contribution in [-0.4, -0.2) is 20.0 Å². The van der Waals surface area contributed by atoms with E-state index in [0.717, 1.165) is 0 Å². The minimum Gasteiger partial charge on any atom is -0.293 e. The lowest BCUT2D eigenvalue weighted by molar-refractivity contribution is 0.0986. The second kappa shape index (κ2) is 6.52. The molecule has 1 heterocycles. The Morgan fingerprint density at radius 2 is 1.90 bits per heavy atom. The SMILES string of the molecule is O=C(CCCS(=O)(=O)c1ccccc1Cl)c1cccs1. The summed E-state index contributed by atoms with van der Waals surface area (Å²) < 4.78 is 24.3. The molecule has 6 heteroatoms. The summed E-state index contributed by atoms with van der Waals surface area (Å²) in [7, 11) is -3.44. The van der Waals surface area contributed by atoms with E-state index in [9.17, 15) is 13.2 Å². The quantitative estimate of drug-likeness (QED) is 0.757. The van der Waals surface area contributed by atoms with Crippen molar-refractivity contribution in [3.63, 3.8) is 0 Å². The van der Waals surface area contributed by atoms with E-state index in [-0.39, 0.29) is 27.9 Å². The van der Waals surface area contributed by atoms with Crippen molar-refractivity contribution in [1.82, 2.24) is 0 Å². The highest BCUT2D eigenvalue weighted by atomic mass is 35.5. The van der Waals surface area contributed by atoms with Crippen molar-refractivity contribution < 1.29 is 13.2 Å². The first-order valence-corrected chi connectivity index (χ1v) is 8.96. The molecule has 0 saturated carbocycles. The fraction of sp³-hybridized carbons (Fsp3) is 0.214. The predicted molar refractivity (Wildman–Crippen MR) is 81.4 cm³/mol. The Morgan fingerprint density at radius 3 is 2.55 bits per heavy atom. The third kappa shape index (κ3) is 3.69. The van der Waals surface area contributed by atoms with Crippen molar-refractivity contribution in [2.24, 2.45) is 0 Å². The zero-order chi connectivity index (χ0) is 14.6. The number of thiophene rings is 1. The van der Waals surface area contributed by atoms with Crippen LogP contribution in [0.5, 0.6) is 0 Å². The van der Waals surface area contributed by atoms with Crippen molar-refractivity contribution in [1.29, 1.82) is 0 Å². The molecule has 0 bridgehead atoms. The maximum atomic E-state index is 12.1. The molecule has 3 nitrogen and oxygen atoms in total. The molecule has 2 aromatic rings. The highest BCUT2D eigenvalue weighted by Gasteiger charge is 2.18. The standard InChI is InChI=1S/C14H13ClO3S2/c15-11-5-1-2-8-14(11)20(17,18)10-4-6-12(16)13-7-3-9-19-13/h1-3,5,7-9H,4,6,10H2. The molecule has 0 aliphatic heterocycles. The summed E-state index contributed by atoms with van der Waals surface area (Å²) in [5.74, 6) is -0.0947. The summed E-state index contributed by atoms with van der Waals surface area (Å²) in [6, 6.07) is 9.90. The number of carbonyl (C=O) groups is 1. The first-order valence-electron chi connectivity index (χ1n) is 6.05. The molecule has 0 N–H and O–H groups in total. The Kier molecular flexibility index (Phi) is 4.96. The third-order valence-electron chi connectivity index (χ3n) is 2.78. The summed E-state index contributed by atoms with van der Waals surface area (Å²) in [5, 5.41) is 2.05. The number of halogens is 1. The van der Waals surface area contributed by atoms with Gasteiger partial charge < -0.3 is 0 Å². The van der Waals surface area contributed by atoms with Crippen LogP contribution in [0.25, 0.3) is 0 Å². The molecule has 0 radical (unpaired) electrons. The van der Waals surface area contributed by atoms with Gasteiger partial charge in [0.2, 0.25) is 0 Å². The van der Waals surface area contributed by atoms with Gasteiger partial charge in [-0.3, -0.25) is 4.79 Å². The topological polar surface area (TPSA) is 51.2 Å². The number of sulfone groups is 1. The molecule has 1 aromatic heterocycles. The van der Waals surface area contributed by atoms with Crippen molar-refractivity contribution in [3.8, 4) is 0 Å². The van der Waals surface area contributed by atoms with Gasteiger partial charge in [-0.2, -0.15) is 0 Å². The number of rotatable bonds is 6. The minimum atomic E-state index is -3.44. The van der Waals surface area contributed by atoms with Gasteiger partial charge in [-0.05, 0) is 30.0 Å². The smallest absolute Gasteiger partial charge is 0.179 e. The van der Waals surface area contributed by atoms with Gasteiger partial charge in [-0.25, -0.2) is 8.42 Å². The van der Waals surface area contributed by atoms with Gasteiger partial charge >= 0.3 is 0 Å². The highest BCUT2D eigenvalue weighted by molar-refractivity contribution is 7.91. The van der Waals surface area contributed by atoms with Crippen LogP contribution in [-0.2, 0) is 9.84 Å². The lowest BCUT2D eigenvalue weighted by Crippen LogP contribution is -2.09. The van der Waals surface area contributed by atoms with E-state index in [4.69, 9.17) is 11.6 Å². The molecule has 1 aromatic carbocycles. The van der Waals surface area contributed by atoms with E-state index in [1.54, 1.807) is 30.3 Å². The van der Waals surface area contributed by atoms with Gasteiger partial charge in [0.1, 0.15) is 0 Å². The molecule has 2 rings (SSSR count). The van der Waals surface area contributed by atoms with Crippen LogP contribution >= 0.6 is 22.9 Å². The van der Waals surface area contributed by atoms with Gasteiger partial charge in [-0.1, -0.05) is 29.8 Å². The lowest BCUT2D eigenvalue weighted by atomic mass is 10.2. The molecular weight excluding hydrogens is 316 g/mol. The molecule has 20 heavy (non-hydrogen) atoms. The number of benzene rings is 1. The van der Waals surface area contributed by atoms with Crippen LogP contribution in [0.3, 0.4) is 0 Å². The van der Waals surface area contributed by atoms with Crippen LogP contribution in [0.4, 0.5) is 0 Å². The summed E-state index contributed by atoms with van der Waals surface area (Å²) in [6.45, 7) is 0. The summed E-state index contributed by atoms with van der Waals surface area (Å²) in [5.41, 5.74) is 0. The zero-order valence-electron chi connectivity index (χ0n) is 10.6. The van der Waals surface area contributed by atoms with Crippen molar-refractivity contribution in [2.75, 3.05) is 5.75 Å². The van der Waals surface area contributed by atoms with Crippen LogP contribution in [0, 0.1) is 0 Å². The lowest BCUT2D eigenvalue weighted by Gasteiger charge is -2.05. The van der Waals surface area contributed by atoms with Gasteiger partial charge in [-0.15, -0.1) is 11.3 Å². The molecule has 106 valence electrons. The summed E-state index contributed by atoms with van der Waals surface area (Å²) >= 11 is 7.25. The number of ketones is 1. The predicted octanol–water partition coefficient (Wildman–Crippen LogP) is 3.84. The van der Waals surface area contributed by atoms with Crippen LogP contribution < -0.4 is 0 Å². The Labute approximate surface area is 127 Å². The monoisotopic (exact) mass is 328 g/mol. The van der Waals surface area contributed by atoms with Gasteiger partial charge in [0.15, 0.2) is 15.6 Å². The minimum absolute atomic E-state index is 0.0191. The van der Waals surface area contributed by atoms with Crippen LogP contribution in [0.2, 0.25) is 5.02 Å². The maximum absolute atomic E-state index is 12.1. The van der Waals surface area contributed by atoms with E-state index in [1.807, 2.05) is 5.38 Å². The Morgan fingerprint density at radius 1 is 1.15 bits per heavy atom. The fourth-order valence-electron chi connectivity index (χ4n) is 1.79. The highest BCUT2D eigenvalue weighted by Crippen LogP contribution is 2.22. The normalized spacial score (nSPS) is 11.4. The molecule has 0 amide bonds. The Hall–Kier alpha value is -1.17. The number of hydrogen-bond donors (Lipinski definition) is 0. The molecular formula is C14H13ClO3S2. The Bertz CT molecular complexity index is 691. The molecule has 0 atom stereocenters. The van der Waals surface area contributed by atoms with E-state index >= 15 is 0 Å². The molecule has 0 spiro atoms. The molecule has 0 aliphatic carbocycles. The van der Waals surface area contributed by atoms with Crippen molar-refractivity contribution >= 4 is 38.6 Å². The summed E-state index contributed by atoms with van der Waals surface area (Å²) in [6.07, 6.45) is 0.522. The molecule has 0 saturated heterocycles. The van der Waals surface area contributed by atoms with Crippen LogP contribution in [0.1, 0.15) is 22.5 Å². The molecule has 0 fully saturated rings. The second-order valence-electron chi connectivity index (χ2n) is 4.25. The van der Waals surface area contributed by atoms with Crippen molar-refractivity contribution in [3.05, 3.63) is 51.7 Å². The maximum Gasteiger partial charge on any atom is 0.179 e. The number of hydrogen-bond acceptors (Lipinski definition) is 4. The van der Waals surface area contributed by atoms with E-state index in [1.165, 1.54) is 17.4 Å². The number of Topliss-reactive ketones (excluding diaryl/α,β-unsaturated/α-hetero) is 1. The second-order valence-corrected chi connectivity index (χ2v) is 7.69. The first kappa shape index (κ1) is 15.2. The zero-order valence-corrected chi connectivity index (χ0v) is 13.0. The van der Waals surface area contributed by atoms with E-state index in [2.05, 4.69) is 0 Å². The van der Waals surface area contributed by atoms with Gasteiger partial charge in [0, 0.05) is 6.42 Å². The van der Waals surface area contributed by atoms with E-state index < -0.39 is 9.84 Å². The average molecular weight is 329 g/mol. The first-order chi connectivity index (χ1) is 9.50. The largest absolute Gasteiger partial charge is 0.293 e. The molecule has 0 aliphatic rings. The van der Waals surface area contributed by atoms with Gasteiger partial charge in [0.25, 0.3) is 0 Å². The van der Waals surface area contributed by atoms with Crippen molar-refractivity contribution in [2.45, 2.75) is 17.7 Å². The third-order valence-corrected chi connectivity index (χ3v) is 5.99. The van der Waals surface area contributed by atoms with Gasteiger partial charge in [0.05, 0.1) is 20.5 Å². The van der Waals surface area contributed by atoms with E-state index in [0.29, 0.717) is 11.3 Å². The van der Waals surface area contributed by atoms with Crippen LogP contribution in [0.15, 0.2) is 46.7 Å². The molecule has 0 unspecified atom stereocenters. The summed E-state index contributed by atoms with van der Waals surface area (Å²) in [4.78, 5) is 12.6.